The number of hydrogen-bond acceptors (Lipinski definition) is 1. The molecule has 0 fully saturated rings. The maximum atomic E-state index is 3.49. The molecule has 2 rings (SSSR count). The van der Waals surface area contributed by atoms with Crippen LogP contribution in [0.5, 0.6) is 0 Å². The average Bonchev–Trinajstić information content (AvgIpc) is 2.29. The summed E-state index contributed by atoms with van der Waals surface area (Å²) in [6, 6.07) is 17.1. The van der Waals surface area contributed by atoms with E-state index in [1.54, 1.807) is 0 Å². The Bertz CT molecular complexity index is 496. The number of hydrogen-bond donors (Lipinski definition) is 1. The zero-order valence-corrected chi connectivity index (χ0v) is 13.2. The van der Waals surface area contributed by atoms with E-state index in [2.05, 4.69) is 87.2 Å². The fourth-order valence-corrected chi connectivity index (χ4v) is 2.42. The molecule has 0 heterocycles. The molecule has 17 heavy (non-hydrogen) atoms. The summed E-state index contributed by atoms with van der Waals surface area (Å²) in [6.07, 6.45) is 0. The summed E-state index contributed by atoms with van der Waals surface area (Å²) < 4.78 is 2.36. The van der Waals surface area contributed by atoms with E-state index in [1.165, 1.54) is 9.13 Å². The minimum Gasteiger partial charge on any atom is -0.378 e. The van der Waals surface area contributed by atoms with Gasteiger partial charge in [-0.2, -0.15) is 0 Å². The van der Waals surface area contributed by atoms with Gasteiger partial charge in [0, 0.05) is 19.8 Å². The molecule has 0 radical (unpaired) electrons. The molecule has 2 aromatic rings. The normalized spacial score (nSPS) is 12.2. The van der Waals surface area contributed by atoms with Crippen LogP contribution in [0.15, 0.2) is 53.0 Å². The standard InChI is InChI=1S/C14H13BrIN/c1-10(11-5-7-13(16)8-6-11)17-14-4-2-3-12(15)9-14/h2-10,17H,1H3. The summed E-state index contributed by atoms with van der Waals surface area (Å²) in [5, 5.41) is 3.49. The highest BCUT2D eigenvalue weighted by Gasteiger charge is 2.04. The fraction of sp³-hybridized carbons (Fsp3) is 0.143. The molecule has 0 aromatic heterocycles. The molecule has 0 aliphatic heterocycles. The van der Waals surface area contributed by atoms with Crippen molar-refractivity contribution in [3.05, 3.63) is 62.1 Å². The molecule has 0 saturated carbocycles. The Morgan fingerprint density at radius 2 is 1.82 bits per heavy atom. The Kier molecular flexibility index (Phi) is 4.45. The summed E-state index contributed by atoms with van der Waals surface area (Å²) >= 11 is 5.80. The monoisotopic (exact) mass is 401 g/mol. The predicted octanol–water partition coefficient (Wildman–Crippen LogP) is 5.23. The van der Waals surface area contributed by atoms with Crippen molar-refractivity contribution in [3.8, 4) is 0 Å². The molecule has 3 heteroatoms. The SMILES string of the molecule is CC(Nc1cccc(Br)c1)c1ccc(I)cc1. The summed E-state index contributed by atoms with van der Waals surface area (Å²) in [6.45, 7) is 2.17. The lowest BCUT2D eigenvalue weighted by Gasteiger charge is -2.16. The molecule has 1 nitrogen and oxygen atoms in total. The molecule has 2 aromatic carbocycles. The topological polar surface area (TPSA) is 12.0 Å². The molecule has 0 amide bonds. The minimum absolute atomic E-state index is 0.307. The molecular formula is C14H13BrIN. The van der Waals surface area contributed by atoms with Crippen LogP contribution in [0.2, 0.25) is 0 Å². The van der Waals surface area contributed by atoms with E-state index in [9.17, 15) is 0 Å². The molecule has 88 valence electrons. The van der Waals surface area contributed by atoms with Crippen molar-refractivity contribution in [1.82, 2.24) is 0 Å². The highest BCUT2D eigenvalue weighted by atomic mass is 127. The second kappa shape index (κ2) is 5.87. The summed E-state index contributed by atoms with van der Waals surface area (Å²) in [5.74, 6) is 0. The zero-order chi connectivity index (χ0) is 12.3. The first-order chi connectivity index (χ1) is 8.15. The predicted molar refractivity (Wildman–Crippen MR) is 85.3 cm³/mol. The molecule has 0 aliphatic rings. The zero-order valence-electron chi connectivity index (χ0n) is 9.45. The Labute approximate surface area is 124 Å². The van der Waals surface area contributed by atoms with Gasteiger partial charge in [0.05, 0.1) is 0 Å². The Balaban J connectivity index is 2.11. The van der Waals surface area contributed by atoms with Gasteiger partial charge in [0.15, 0.2) is 0 Å². The molecule has 1 N–H and O–H groups in total. The lowest BCUT2D eigenvalue weighted by Crippen LogP contribution is -2.06. The lowest BCUT2D eigenvalue weighted by atomic mass is 10.1. The van der Waals surface area contributed by atoms with Crippen LogP contribution >= 0.6 is 38.5 Å². The van der Waals surface area contributed by atoms with E-state index < -0.39 is 0 Å². The van der Waals surface area contributed by atoms with Gasteiger partial charge in [-0.1, -0.05) is 34.1 Å². The number of anilines is 1. The van der Waals surface area contributed by atoms with Crippen LogP contribution in [-0.4, -0.2) is 0 Å². The summed E-state index contributed by atoms with van der Waals surface area (Å²) in [5.41, 5.74) is 2.43. The van der Waals surface area contributed by atoms with Crippen LogP contribution in [0.4, 0.5) is 5.69 Å². The van der Waals surface area contributed by atoms with Crippen LogP contribution in [0, 0.1) is 3.57 Å². The van der Waals surface area contributed by atoms with Gasteiger partial charge in [0.25, 0.3) is 0 Å². The maximum Gasteiger partial charge on any atom is 0.0485 e. The second-order valence-corrected chi connectivity index (χ2v) is 6.09. The van der Waals surface area contributed by atoms with Crippen molar-refractivity contribution in [2.45, 2.75) is 13.0 Å². The number of benzene rings is 2. The van der Waals surface area contributed by atoms with Crippen molar-refractivity contribution in [1.29, 1.82) is 0 Å². The molecule has 0 aliphatic carbocycles. The molecule has 0 bridgehead atoms. The maximum absolute atomic E-state index is 3.49. The summed E-state index contributed by atoms with van der Waals surface area (Å²) in [7, 11) is 0. The largest absolute Gasteiger partial charge is 0.378 e. The average molecular weight is 402 g/mol. The van der Waals surface area contributed by atoms with Gasteiger partial charge in [0.2, 0.25) is 0 Å². The first kappa shape index (κ1) is 12.9. The lowest BCUT2D eigenvalue weighted by molar-refractivity contribution is 0.884. The minimum atomic E-state index is 0.307. The molecule has 0 spiro atoms. The van der Waals surface area contributed by atoms with Gasteiger partial charge >= 0.3 is 0 Å². The molecule has 1 atom stereocenters. The third-order valence-electron chi connectivity index (χ3n) is 2.58. The number of halogens is 2. The number of nitrogens with one attached hydrogen (secondary N) is 1. The molecule has 1 unspecified atom stereocenters. The Hall–Kier alpha value is -0.550. The van der Waals surface area contributed by atoms with E-state index in [-0.39, 0.29) is 0 Å². The third kappa shape index (κ3) is 3.71. The Morgan fingerprint density at radius 3 is 2.47 bits per heavy atom. The molecular weight excluding hydrogens is 389 g/mol. The van der Waals surface area contributed by atoms with Gasteiger partial charge in [-0.15, -0.1) is 0 Å². The van der Waals surface area contributed by atoms with E-state index in [1.807, 2.05) is 12.1 Å². The van der Waals surface area contributed by atoms with E-state index in [0.717, 1.165) is 10.2 Å². The van der Waals surface area contributed by atoms with Crippen molar-refractivity contribution < 1.29 is 0 Å². The van der Waals surface area contributed by atoms with E-state index >= 15 is 0 Å². The van der Waals surface area contributed by atoms with Crippen LogP contribution in [0.25, 0.3) is 0 Å². The Morgan fingerprint density at radius 1 is 1.12 bits per heavy atom. The molecule has 0 saturated heterocycles. The summed E-state index contributed by atoms with van der Waals surface area (Å²) in [4.78, 5) is 0. The first-order valence-corrected chi connectivity index (χ1v) is 7.30. The van der Waals surface area contributed by atoms with Crippen molar-refractivity contribution >= 4 is 44.2 Å². The van der Waals surface area contributed by atoms with Gasteiger partial charge in [0.1, 0.15) is 0 Å². The first-order valence-electron chi connectivity index (χ1n) is 5.43. The third-order valence-corrected chi connectivity index (χ3v) is 3.79. The van der Waals surface area contributed by atoms with Gasteiger partial charge in [-0.25, -0.2) is 0 Å². The van der Waals surface area contributed by atoms with Gasteiger partial charge in [-0.05, 0) is 65.4 Å². The van der Waals surface area contributed by atoms with Crippen LogP contribution in [0.1, 0.15) is 18.5 Å². The van der Waals surface area contributed by atoms with Crippen molar-refractivity contribution in [2.24, 2.45) is 0 Å². The van der Waals surface area contributed by atoms with E-state index in [4.69, 9.17) is 0 Å². The van der Waals surface area contributed by atoms with Crippen LogP contribution < -0.4 is 5.32 Å². The van der Waals surface area contributed by atoms with Crippen LogP contribution in [-0.2, 0) is 0 Å². The highest BCUT2D eigenvalue weighted by Crippen LogP contribution is 2.22. The van der Waals surface area contributed by atoms with E-state index in [0.29, 0.717) is 6.04 Å². The van der Waals surface area contributed by atoms with Crippen molar-refractivity contribution in [2.75, 3.05) is 5.32 Å². The van der Waals surface area contributed by atoms with Gasteiger partial charge in [-0.3, -0.25) is 0 Å². The van der Waals surface area contributed by atoms with Crippen molar-refractivity contribution in [3.63, 3.8) is 0 Å². The quantitative estimate of drug-likeness (QED) is 0.694. The fourth-order valence-electron chi connectivity index (χ4n) is 1.66. The number of rotatable bonds is 3. The smallest absolute Gasteiger partial charge is 0.0485 e. The second-order valence-electron chi connectivity index (χ2n) is 3.93. The van der Waals surface area contributed by atoms with Gasteiger partial charge < -0.3 is 5.32 Å². The van der Waals surface area contributed by atoms with Crippen LogP contribution in [0.3, 0.4) is 0 Å². The highest BCUT2D eigenvalue weighted by molar-refractivity contribution is 14.1.